The first-order chi connectivity index (χ1) is 11.0. The number of rotatable bonds is 6. The standard InChI is InChI=1S/C19H23FN2O/c1-14-7-9-15(10-8-14)11-19(23)21-13-18(22(2)3)16-5-4-6-17(20)12-16/h4-10,12,18H,11,13H2,1-3H3,(H,21,23)/t18-/m1/s1. The second-order valence-corrected chi connectivity index (χ2v) is 6.00. The minimum atomic E-state index is -0.264. The zero-order chi connectivity index (χ0) is 16.8. The molecule has 0 aliphatic carbocycles. The van der Waals surface area contributed by atoms with E-state index in [9.17, 15) is 9.18 Å². The number of nitrogens with zero attached hydrogens (tertiary/aromatic N) is 1. The monoisotopic (exact) mass is 314 g/mol. The van der Waals surface area contributed by atoms with Gasteiger partial charge >= 0.3 is 0 Å². The van der Waals surface area contributed by atoms with Crippen LogP contribution in [0.1, 0.15) is 22.7 Å². The third-order valence-electron chi connectivity index (χ3n) is 3.83. The average molecular weight is 314 g/mol. The summed E-state index contributed by atoms with van der Waals surface area (Å²) in [6.45, 7) is 2.46. The molecular weight excluding hydrogens is 291 g/mol. The molecule has 0 aromatic heterocycles. The van der Waals surface area contributed by atoms with Crippen LogP contribution in [0.3, 0.4) is 0 Å². The van der Waals surface area contributed by atoms with E-state index in [2.05, 4.69) is 5.32 Å². The van der Waals surface area contributed by atoms with Crippen molar-refractivity contribution in [1.82, 2.24) is 10.2 Å². The number of hydrogen-bond acceptors (Lipinski definition) is 2. The summed E-state index contributed by atoms with van der Waals surface area (Å²) in [7, 11) is 3.84. The Morgan fingerprint density at radius 3 is 2.48 bits per heavy atom. The fourth-order valence-corrected chi connectivity index (χ4v) is 2.48. The minimum absolute atomic E-state index is 0.0305. The Bertz CT molecular complexity index is 653. The molecule has 1 amide bonds. The highest BCUT2D eigenvalue weighted by Gasteiger charge is 2.16. The highest BCUT2D eigenvalue weighted by atomic mass is 19.1. The summed E-state index contributed by atoms with van der Waals surface area (Å²) < 4.78 is 13.4. The van der Waals surface area contributed by atoms with E-state index in [0.717, 1.165) is 11.1 Å². The zero-order valence-electron chi connectivity index (χ0n) is 13.8. The van der Waals surface area contributed by atoms with Crippen molar-refractivity contribution in [2.45, 2.75) is 19.4 Å². The predicted octanol–water partition coefficient (Wildman–Crippen LogP) is 3.10. The maximum absolute atomic E-state index is 13.4. The Morgan fingerprint density at radius 2 is 1.87 bits per heavy atom. The fraction of sp³-hybridized carbons (Fsp3) is 0.316. The van der Waals surface area contributed by atoms with Crippen molar-refractivity contribution in [3.63, 3.8) is 0 Å². The first kappa shape index (κ1) is 17.2. The summed E-state index contributed by atoms with van der Waals surface area (Å²) in [4.78, 5) is 14.1. The second kappa shape index (κ2) is 7.88. The molecule has 0 bridgehead atoms. The molecule has 0 aliphatic heterocycles. The Balaban J connectivity index is 1.96. The lowest BCUT2D eigenvalue weighted by Crippen LogP contribution is -2.35. The SMILES string of the molecule is Cc1ccc(CC(=O)NC[C@H](c2cccc(F)c2)N(C)C)cc1. The van der Waals surface area contributed by atoms with E-state index in [1.807, 2.05) is 56.3 Å². The smallest absolute Gasteiger partial charge is 0.224 e. The van der Waals surface area contributed by atoms with Crippen LogP contribution in [-0.2, 0) is 11.2 Å². The van der Waals surface area contributed by atoms with Crippen LogP contribution in [-0.4, -0.2) is 31.4 Å². The summed E-state index contributed by atoms with van der Waals surface area (Å²) >= 11 is 0. The molecule has 0 aliphatic rings. The number of likely N-dealkylation sites (N-methyl/N-ethyl adjacent to an activating group) is 1. The van der Waals surface area contributed by atoms with Crippen LogP contribution < -0.4 is 5.32 Å². The van der Waals surface area contributed by atoms with Gasteiger partial charge in [0, 0.05) is 6.54 Å². The molecule has 0 saturated heterocycles. The van der Waals surface area contributed by atoms with E-state index in [1.54, 1.807) is 6.07 Å². The van der Waals surface area contributed by atoms with Crippen LogP contribution >= 0.6 is 0 Å². The molecule has 1 N–H and O–H groups in total. The number of benzene rings is 2. The summed E-state index contributed by atoms with van der Waals surface area (Å²) in [6.07, 6.45) is 0.351. The number of carbonyl (C=O) groups excluding carboxylic acids is 1. The van der Waals surface area contributed by atoms with Crippen LogP contribution in [0, 0.1) is 12.7 Å². The number of aryl methyl sites for hydroxylation is 1. The first-order valence-electron chi connectivity index (χ1n) is 7.70. The quantitative estimate of drug-likeness (QED) is 0.888. The van der Waals surface area contributed by atoms with E-state index in [1.165, 1.54) is 17.7 Å². The van der Waals surface area contributed by atoms with Crippen molar-refractivity contribution in [3.05, 3.63) is 71.0 Å². The van der Waals surface area contributed by atoms with Gasteiger partial charge in [0.15, 0.2) is 0 Å². The molecule has 122 valence electrons. The number of amides is 1. The summed E-state index contributed by atoms with van der Waals surface area (Å²) in [5, 5.41) is 2.94. The number of carbonyl (C=O) groups is 1. The van der Waals surface area contributed by atoms with Gasteiger partial charge < -0.3 is 10.2 Å². The highest BCUT2D eigenvalue weighted by Crippen LogP contribution is 2.18. The Hall–Kier alpha value is -2.20. The zero-order valence-corrected chi connectivity index (χ0v) is 13.8. The molecule has 0 saturated carbocycles. The van der Waals surface area contributed by atoms with E-state index in [4.69, 9.17) is 0 Å². The third-order valence-corrected chi connectivity index (χ3v) is 3.83. The van der Waals surface area contributed by atoms with Gasteiger partial charge in [0.2, 0.25) is 5.91 Å². The molecule has 1 atom stereocenters. The molecule has 0 heterocycles. The van der Waals surface area contributed by atoms with Crippen molar-refractivity contribution in [2.75, 3.05) is 20.6 Å². The van der Waals surface area contributed by atoms with Crippen molar-refractivity contribution in [2.24, 2.45) is 0 Å². The van der Waals surface area contributed by atoms with Gasteiger partial charge in [-0.3, -0.25) is 4.79 Å². The summed E-state index contributed by atoms with van der Waals surface area (Å²) in [5.41, 5.74) is 3.01. The molecule has 3 nitrogen and oxygen atoms in total. The molecule has 2 aromatic rings. The van der Waals surface area contributed by atoms with E-state index >= 15 is 0 Å². The van der Waals surface area contributed by atoms with Gasteiger partial charge in [0.1, 0.15) is 5.82 Å². The van der Waals surface area contributed by atoms with Gasteiger partial charge in [0.05, 0.1) is 12.5 Å². The number of hydrogen-bond donors (Lipinski definition) is 1. The van der Waals surface area contributed by atoms with Crippen LogP contribution in [0.4, 0.5) is 4.39 Å². The van der Waals surface area contributed by atoms with Crippen LogP contribution in [0.25, 0.3) is 0 Å². The third kappa shape index (κ3) is 5.18. The first-order valence-corrected chi connectivity index (χ1v) is 7.70. The summed E-state index contributed by atoms with van der Waals surface area (Å²) in [6, 6.07) is 14.4. The molecule has 2 rings (SSSR count). The van der Waals surface area contributed by atoms with Crippen molar-refractivity contribution < 1.29 is 9.18 Å². The van der Waals surface area contributed by atoms with Gasteiger partial charge in [-0.2, -0.15) is 0 Å². The van der Waals surface area contributed by atoms with Crippen molar-refractivity contribution in [1.29, 1.82) is 0 Å². The van der Waals surface area contributed by atoms with Gasteiger partial charge in [-0.1, -0.05) is 42.0 Å². The molecule has 0 unspecified atom stereocenters. The fourth-order valence-electron chi connectivity index (χ4n) is 2.48. The average Bonchev–Trinajstić information content (AvgIpc) is 2.49. The Kier molecular flexibility index (Phi) is 5.88. The lowest BCUT2D eigenvalue weighted by molar-refractivity contribution is -0.120. The second-order valence-electron chi connectivity index (χ2n) is 6.00. The minimum Gasteiger partial charge on any atom is -0.354 e. The maximum atomic E-state index is 13.4. The molecule has 23 heavy (non-hydrogen) atoms. The van der Waals surface area contributed by atoms with Gasteiger partial charge in [-0.05, 0) is 44.3 Å². The summed E-state index contributed by atoms with van der Waals surface area (Å²) in [5.74, 6) is -0.294. The topological polar surface area (TPSA) is 32.3 Å². The van der Waals surface area contributed by atoms with Crippen LogP contribution in [0.2, 0.25) is 0 Å². The normalized spacial score (nSPS) is 12.2. The van der Waals surface area contributed by atoms with Gasteiger partial charge in [-0.15, -0.1) is 0 Å². The predicted molar refractivity (Wildman–Crippen MR) is 90.7 cm³/mol. The molecule has 2 aromatic carbocycles. The van der Waals surface area contributed by atoms with E-state index < -0.39 is 0 Å². The van der Waals surface area contributed by atoms with E-state index in [0.29, 0.717) is 13.0 Å². The maximum Gasteiger partial charge on any atom is 0.224 e. The Labute approximate surface area is 137 Å². The lowest BCUT2D eigenvalue weighted by atomic mass is 10.1. The molecule has 4 heteroatoms. The molecule has 0 fully saturated rings. The number of halogens is 1. The van der Waals surface area contributed by atoms with Gasteiger partial charge in [-0.25, -0.2) is 4.39 Å². The lowest BCUT2D eigenvalue weighted by Gasteiger charge is -2.25. The van der Waals surface area contributed by atoms with Crippen LogP contribution in [0.5, 0.6) is 0 Å². The van der Waals surface area contributed by atoms with E-state index in [-0.39, 0.29) is 17.8 Å². The molecular formula is C19H23FN2O. The van der Waals surface area contributed by atoms with Crippen molar-refractivity contribution in [3.8, 4) is 0 Å². The Morgan fingerprint density at radius 1 is 1.17 bits per heavy atom. The highest BCUT2D eigenvalue weighted by molar-refractivity contribution is 5.78. The van der Waals surface area contributed by atoms with Crippen molar-refractivity contribution >= 4 is 5.91 Å². The molecule has 0 radical (unpaired) electrons. The molecule has 0 spiro atoms. The largest absolute Gasteiger partial charge is 0.354 e. The van der Waals surface area contributed by atoms with Gasteiger partial charge in [0.25, 0.3) is 0 Å². The van der Waals surface area contributed by atoms with Crippen LogP contribution in [0.15, 0.2) is 48.5 Å². The number of nitrogens with one attached hydrogen (secondary N) is 1.